The molecule has 1 saturated heterocycles. The highest BCUT2D eigenvalue weighted by molar-refractivity contribution is 6.04. The van der Waals surface area contributed by atoms with Gasteiger partial charge in [-0.1, -0.05) is 0 Å². The number of nitro benzene ring substituents is 1. The number of nitro groups is 1. The Morgan fingerprint density at radius 1 is 1.18 bits per heavy atom. The van der Waals surface area contributed by atoms with Crippen molar-refractivity contribution in [3.05, 3.63) is 57.5 Å². The van der Waals surface area contributed by atoms with Gasteiger partial charge in [0.15, 0.2) is 0 Å². The molecule has 0 atom stereocenters. The number of carbonyl (C=O) groups excluding carboxylic acids is 2. The maximum atomic E-state index is 14.0. The van der Waals surface area contributed by atoms with E-state index >= 15 is 0 Å². The molecule has 176 valence electrons. The zero-order chi connectivity index (χ0) is 24.3. The monoisotopic (exact) mass is 459 g/mol. The molecular weight excluding hydrogens is 433 g/mol. The summed E-state index contributed by atoms with van der Waals surface area (Å²) in [6, 6.07) is 5.35. The maximum absolute atomic E-state index is 14.0. The van der Waals surface area contributed by atoms with Crippen molar-refractivity contribution in [2.45, 2.75) is 33.3 Å². The molecule has 2 aromatic rings. The van der Waals surface area contributed by atoms with Gasteiger partial charge in [-0.2, -0.15) is 0 Å². The zero-order valence-corrected chi connectivity index (χ0v) is 18.9. The number of hydrogen-bond donors (Lipinski definition) is 1. The van der Waals surface area contributed by atoms with Crippen LogP contribution >= 0.6 is 0 Å². The van der Waals surface area contributed by atoms with Crippen LogP contribution in [-0.2, 0) is 4.74 Å². The number of anilines is 2. The number of carbonyl (C=O) groups is 2. The number of aromatic nitrogens is 1. The van der Waals surface area contributed by atoms with Crippen molar-refractivity contribution in [2.75, 3.05) is 36.4 Å². The summed E-state index contributed by atoms with van der Waals surface area (Å²) in [7, 11) is 0. The summed E-state index contributed by atoms with van der Waals surface area (Å²) in [6.45, 7) is 8.95. The Labute approximate surface area is 190 Å². The third-order valence-corrected chi connectivity index (χ3v) is 5.06. The smallest absolute Gasteiger partial charge is 0.410 e. The Balaban J connectivity index is 1.61. The number of ether oxygens (including phenoxy) is 1. The molecule has 1 aliphatic heterocycles. The molecule has 10 nitrogen and oxygen atoms in total. The number of piperazine rings is 1. The zero-order valence-electron chi connectivity index (χ0n) is 18.9. The minimum atomic E-state index is -0.830. The van der Waals surface area contributed by atoms with E-state index in [1.807, 2.05) is 20.8 Å². The predicted octanol–water partition coefficient (Wildman–Crippen LogP) is 3.75. The fraction of sp³-hybridized carbons (Fsp3) is 0.409. The van der Waals surface area contributed by atoms with Gasteiger partial charge in [0.1, 0.15) is 17.2 Å². The van der Waals surface area contributed by atoms with Gasteiger partial charge in [-0.05, 0) is 45.9 Å². The lowest BCUT2D eigenvalue weighted by molar-refractivity contribution is -0.385. The van der Waals surface area contributed by atoms with Gasteiger partial charge in [-0.3, -0.25) is 14.9 Å². The largest absolute Gasteiger partial charge is 0.444 e. The average molecular weight is 459 g/mol. The molecule has 1 aromatic heterocycles. The van der Waals surface area contributed by atoms with E-state index in [-0.39, 0.29) is 23.0 Å². The van der Waals surface area contributed by atoms with E-state index in [9.17, 15) is 24.1 Å². The molecule has 0 saturated carbocycles. The molecule has 0 spiro atoms. The number of amides is 2. The first-order chi connectivity index (χ1) is 15.4. The van der Waals surface area contributed by atoms with Gasteiger partial charge in [0.25, 0.3) is 11.6 Å². The van der Waals surface area contributed by atoms with Gasteiger partial charge < -0.3 is 19.9 Å². The highest BCUT2D eigenvalue weighted by atomic mass is 19.1. The lowest BCUT2D eigenvalue weighted by atomic mass is 10.1. The molecule has 11 heteroatoms. The van der Waals surface area contributed by atoms with Gasteiger partial charge in [-0.15, -0.1) is 0 Å². The van der Waals surface area contributed by atoms with Crippen molar-refractivity contribution >= 4 is 29.2 Å². The molecule has 3 rings (SSSR count). The molecule has 1 fully saturated rings. The van der Waals surface area contributed by atoms with E-state index < -0.39 is 27.9 Å². The second kappa shape index (κ2) is 9.39. The number of nitrogens with one attached hydrogen (secondary N) is 1. The lowest BCUT2D eigenvalue weighted by Gasteiger charge is -2.36. The summed E-state index contributed by atoms with van der Waals surface area (Å²) in [4.78, 5) is 42.9. The van der Waals surface area contributed by atoms with E-state index in [1.54, 1.807) is 23.2 Å². The van der Waals surface area contributed by atoms with Gasteiger partial charge in [0.05, 0.1) is 22.4 Å². The third kappa shape index (κ3) is 5.93. The summed E-state index contributed by atoms with van der Waals surface area (Å²) < 4.78 is 19.4. The normalized spacial score (nSPS) is 14.1. The average Bonchev–Trinajstić information content (AvgIpc) is 2.74. The van der Waals surface area contributed by atoms with E-state index in [0.717, 1.165) is 17.8 Å². The van der Waals surface area contributed by atoms with Crippen LogP contribution < -0.4 is 10.2 Å². The molecule has 1 aromatic carbocycles. The highest BCUT2D eigenvalue weighted by Crippen LogP contribution is 2.24. The Kier molecular flexibility index (Phi) is 6.80. The predicted molar refractivity (Wildman–Crippen MR) is 120 cm³/mol. The number of halogens is 1. The second-order valence-electron chi connectivity index (χ2n) is 8.67. The lowest BCUT2D eigenvalue weighted by Crippen LogP contribution is -2.50. The van der Waals surface area contributed by atoms with Gasteiger partial charge >= 0.3 is 6.09 Å². The van der Waals surface area contributed by atoms with Gasteiger partial charge in [0.2, 0.25) is 0 Å². The molecule has 1 N–H and O–H groups in total. The van der Waals surface area contributed by atoms with Crippen LogP contribution in [0, 0.1) is 22.9 Å². The van der Waals surface area contributed by atoms with E-state index in [1.165, 1.54) is 6.92 Å². The first kappa shape index (κ1) is 23.9. The summed E-state index contributed by atoms with van der Waals surface area (Å²) in [5.41, 5.74) is -0.504. The molecule has 2 amide bonds. The van der Waals surface area contributed by atoms with E-state index in [4.69, 9.17) is 4.74 Å². The van der Waals surface area contributed by atoms with Crippen LogP contribution in [0.1, 0.15) is 36.7 Å². The first-order valence-electron chi connectivity index (χ1n) is 10.4. The Morgan fingerprint density at radius 3 is 2.39 bits per heavy atom. The molecule has 0 bridgehead atoms. The van der Waals surface area contributed by atoms with Crippen LogP contribution in [0.3, 0.4) is 0 Å². The van der Waals surface area contributed by atoms with Crippen LogP contribution in [0.2, 0.25) is 0 Å². The standard InChI is InChI=1S/C22H26FN5O5/c1-14-17(23)11-15(12-18(14)28(31)32)20(29)25-19-6-5-16(13-24-19)26-7-9-27(10-8-26)21(30)33-22(2,3)4/h5-6,11-13H,7-10H2,1-4H3,(H,24,25,29). The fourth-order valence-electron chi connectivity index (χ4n) is 3.29. The minimum absolute atomic E-state index is 0.134. The SMILES string of the molecule is Cc1c(F)cc(C(=O)Nc2ccc(N3CCN(C(=O)OC(C)(C)C)CC3)cn2)cc1[N+](=O)[O-]. The van der Waals surface area contributed by atoms with Crippen molar-refractivity contribution in [1.29, 1.82) is 0 Å². The van der Waals surface area contributed by atoms with Crippen molar-refractivity contribution in [1.82, 2.24) is 9.88 Å². The summed E-state index contributed by atoms with van der Waals surface area (Å²) >= 11 is 0. The first-order valence-corrected chi connectivity index (χ1v) is 10.4. The highest BCUT2D eigenvalue weighted by Gasteiger charge is 2.26. The van der Waals surface area contributed by atoms with Gasteiger partial charge in [0, 0.05) is 37.8 Å². The summed E-state index contributed by atoms with van der Waals surface area (Å²) in [5.74, 6) is -1.31. The van der Waals surface area contributed by atoms with Crippen LogP contribution in [-0.4, -0.2) is 58.6 Å². The van der Waals surface area contributed by atoms with Crippen LogP contribution in [0.4, 0.5) is 26.4 Å². The summed E-state index contributed by atoms with van der Waals surface area (Å²) in [6.07, 6.45) is 1.24. The van der Waals surface area contributed by atoms with Crippen molar-refractivity contribution < 1.29 is 23.6 Å². The maximum Gasteiger partial charge on any atom is 0.410 e. The van der Waals surface area contributed by atoms with Crippen molar-refractivity contribution in [2.24, 2.45) is 0 Å². The van der Waals surface area contributed by atoms with E-state index in [2.05, 4.69) is 15.2 Å². The fourth-order valence-corrected chi connectivity index (χ4v) is 3.29. The quantitative estimate of drug-likeness (QED) is 0.546. The number of nitrogens with zero attached hydrogens (tertiary/aromatic N) is 4. The van der Waals surface area contributed by atoms with Gasteiger partial charge in [-0.25, -0.2) is 14.2 Å². The molecule has 33 heavy (non-hydrogen) atoms. The van der Waals surface area contributed by atoms with Crippen LogP contribution in [0.25, 0.3) is 0 Å². The minimum Gasteiger partial charge on any atom is -0.444 e. The Bertz CT molecular complexity index is 1060. The molecule has 0 aliphatic carbocycles. The third-order valence-electron chi connectivity index (χ3n) is 5.06. The molecule has 0 radical (unpaired) electrons. The van der Waals surface area contributed by atoms with Crippen LogP contribution in [0.5, 0.6) is 0 Å². The molecule has 2 heterocycles. The number of rotatable bonds is 4. The second-order valence-corrected chi connectivity index (χ2v) is 8.67. The van der Waals surface area contributed by atoms with Crippen molar-refractivity contribution in [3.63, 3.8) is 0 Å². The molecule has 0 unspecified atom stereocenters. The number of hydrogen-bond acceptors (Lipinski definition) is 7. The van der Waals surface area contributed by atoms with E-state index in [0.29, 0.717) is 26.2 Å². The Hall–Kier alpha value is -3.76. The van der Waals surface area contributed by atoms with Crippen LogP contribution in [0.15, 0.2) is 30.5 Å². The number of pyridine rings is 1. The Morgan fingerprint density at radius 2 is 1.85 bits per heavy atom. The van der Waals surface area contributed by atoms with Crippen molar-refractivity contribution in [3.8, 4) is 0 Å². The topological polar surface area (TPSA) is 118 Å². The number of benzene rings is 1. The summed E-state index contributed by atoms with van der Waals surface area (Å²) in [5, 5.41) is 13.6. The molecule has 1 aliphatic rings. The molecular formula is C22H26FN5O5.